The Labute approximate surface area is 371 Å². The molecular formula is C45H88O6S3Sn. The summed E-state index contributed by atoms with van der Waals surface area (Å²) in [6.45, 7) is 15.1. The van der Waals surface area contributed by atoms with E-state index < -0.39 is 17.9 Å². The van der Waals surface area contributed by atoms with E-state index in [1.807, 2.05) is 0 Å². The zero-order chi connectivity index (χ0) is 42.7. The summed E-state index contributed by atoms with van der Waals surface area (Å²) in [4.78, 5) is 32.1. The van der Waals surface area contributed by atoms with E-state index in [4.69, 9.17) is 0 Å². The van der Waals surface area contributed by atoms with Gasteiger partial charge in [-0.05, 0) is 54.3 Å². The number of hydrogen-bond donors (Lipinski definition) is 3. The van der Waals surface area contributed by atoms with Crippen LogP contribution in [0.1, 0.15) is 209 Å². The van der Waals surface area contributed by atoms with Crippen LogP contribution >= 0.6 is 37.9 Å². The molecule has 326 valence electrons. The van der Waals surface area contributed by atoms with Crippen molar-refractivity contribution in [1.29, 1.82) is 0 Å². The third-order valence-electron chi connectivity index (χ3n) is 10.7. The molecule has 0 aliphatic carbocycles. The molecule has 0 amide bonds. The summed E-state index contributed by atoms with van der Waals surface area (Å²) in [6.07, 6.45) is 30.5. The Kier molecular flexibility index (Phi) is 54.7. The van der Waals surface area contributed by atoms with Gasteiger partial charge < -0.3 is 29.7 Å². The van der Waals surface area contributed by atoms with Crippen LogP contribution in [0, 0.1) is 35.5 Å². The van der Waals surface area contributed by atoms with Crippen LogP contribution in [0.4, 0.5) is 0 Å². The Morgan fingerprint density at radius 1 is 0.418 bits per heavy atom. The second kappa shape index (κ2) is 48.6. The quantitative estimate of drug-likeness (QED) is 0.0336. The number of carboxylic acid groups (broad SMARTS) is 3. The van der Waals surface area contributed by atoms with Gasteiger partial charge in [0.2, 0.25) is 0 Å². The monoisotopic (exact) mass is 940 g/mol. The first-order valence-electron chi connectivity index (χ1n) is 22.5. The maximum absolute atomic E-state index is 10.7. The van der Waals surface area contributed by atoms with Gasteiger partial charge >= 0.3 is 98.1 Å². The van der Waals surface area contributed by atoms with E-state index in [0.717, 1.165) is 57.8 Å². The molecule has 55 heavy (non-hydrogen) atoms. The van der Waals surface area contributed by atoms with E-state index in [0.29, 0.717) is 35.0 Å². The molecule has 0 saturated carbocycles. The number of unbranched alkanes of at least 4 members (excludes halogenated alkanes) is 12. The Bertz CT molecular complexity index is 726. The predicted molar refractivity (Wildman–Crippen MR) is 243 cm³/mol. The molecule has 6 nitrogen and oxygen atoms in total. The Hall–Kier alpha value is 0.259. The van der Waals surface area contributed by atoms with Crippen LogP contribution in [0.3, 0.4) is 0 Å². The fourth-order valence-corrected chi connectivity index (χ4v) is 8.11. The Balaban J connectivity index is -0.000000315. The van der Waals surface area contributed by atoms with Crippen molar-refractivity contribution in [2.45, 2.75) is 213 Å². The van der Waals surface area contributed by atoms with Crippen molar-refractivity contribution in [3.8, 4) is 0 Å². The van der Waals surface area contributed by atoms with Crippen LogP contribution < -0.4 is 15.3 Å². The molecule has 0 heterocycles. The molecule has 0 aromatic carbocycles. The van der Waals surface area contributed by atoms with E-state index in [1.54, 1.807) is 22.5 Å². The number of thiol groups is 3. The van der Waals surface area contributed by atoms with Crippen molar-refractivity contribution >= 4 is 78.3 Å². The summed E-state index contributed by atoms with van der Waals surface area (Å²) in [6, 6.07) is 0. The molecule has 0 aromatic rings. The number of carbonyl (C=O) groups is 3. The molecule has 0 saturated heterocycles. The number of aliphatic carboxylic acids is 3. The third-order valence-corrected chi connectivity index (χ3v) is 13.0. The van der Waals surface area contributed by atoms with Crippen molar-refractivity contribution in [2.75, 3.05) is 17.3 Å². The minimum absolute atomic E-state index is 0.375. The van der Waals surface area contributed by atoms with Gasteiger partial charge in [0.1, 0.15) is 0 Å². The molecule has 6 unspecified atom stereocenters. The van der Waals surface area contributed by atoms with Crippen molar-refractivity contribution in [2.24, 2.45) is 35.5 Å². The normalized spacial score (nSPS) is 14.0. The molecule has 0 aromatic heterocycles. The molecule has 0 bridgehead atoms. The van der Waals surface area contributed by atoms with Gasteiger partial charge in [0.25, 0.3) is 0 Å². The first-order valence-corrected chi connectivity index (χ1v) is 26.4. The predicted octanol–water partition coefficient (Wildman–Crippen LogP) is 10.2. The zero-order valence-corrected chi connectivity index (χ0v) is 42.3. The van der Waals surface area contributed by atoms with Crippen LogP contribution in [0.2, 0.25) is 4.44 Å². The van der Waals surface area contributed by atoms with E-state index in [9.17, 15) is 29.7 Å². The average Bonchev–Trinajstić information content (AvgIpc) is 3.18. The van der Waals surface area contributed by atoms with Crippen LogP contribution in [0.5, 0.6) is 0 Å². The third kappa shape index (κ3) is 43.7. The van der Waals surface area contributed by atoms with E-state index in [-0.39, 0.29) is 17.8 Å². The van der Waals surface area contributed by atoms with Gasteiger partial charge in [-0.3, -0.25) is 0 Å². The molecule has 0 fully saturated rings. The molecular weight excluding hydrogens is 851 g/mol. The van der Waals surface area contributed by atoms with E-state index in [2.05, 4.69) is 86.4 Å². The van der Waals surface area contributed by atoms with Crippen molar-refractivity contribution in [1.82, 2.24) is 0 Å². The van der Waals surface area contributed by atoms with Gasteiger partial charge in [-0.2, -0.15) is 37.9 Å². The van der Waals surface area contributed by atoms with Gasteiger partial charge in [-0.15, -0.1) is 0 Å². The molecule has 0 aliphatic rings. The topological polar surface area (TPSA) is 120 Å². The second-order valence-electron chi connectivity index (χ2n) is 15.5. The summed E-state index contributed by atoms with van der Waals surface area (Å²) in [5.41, 5.74) is 0. The molecule has 0 radical (unpaired) electrons. The van der Waals surface area contributed by atoms with Gasteiger partial charge in [0.05, 0.1) is 0 Å². The number of hydrogen-bond acceptors (Lipinski definition) is 9. The van der Waals surface area contributed by atoms with Crippen molar-refractivity contribution in [3.05, 3.63) is 0 Å². The molecule has 0 N–H and O–H groups in total. The van der Waals surface area contributed by atoms with Gasteiger partial charge in [0, 0.05) is 35.7 Å². The second-order valence-corrected chi connectivity index (χ2v) is 18.0. The fraction of sp³-hybridized carbons (Fsp3) is 0.933. The minimum atomic E-state index is -0.949. The number of rotatable bonds is 34. The summed E-state index contributed by atoms with van der Waals surface area (Å²) in [5.74, 6) is -1.23. The van der Waals surface area contributed by atoms with Gasteiger partial charge in [-0.25, -0.2) is 0 Å². The van der Waals surface area contributed by atoms with E-state index >= 15 is 0 Å². The van der Waals surface area contributed by atoms with Crippen LogP contribution in [0.25, 0.3) is 0 Å². The number of carbonyl (C=O) groups excluding carboxylic acids is 3. The summed E-state index contributed by atoms with van der Waals surface area (Å²) < 4.78 is 1.46. The van der Waals surface area contributed by atoms with Crippen LogP contribution in [-0.2, 0) is 14.4 Å². The first-order chi connectivity index (χ1) is 26.4. The van der Waals surface area contributed by atoms with Gasteiger partial charge in [0.15, 0.2) is 0 Å². The summed E-state index contributed by atoms with van der Waals surface area (Å²) in [5, 5.41) is 32.1. The number of carboxylic acids is 3. The maximum atomic E-state index is 10.7. The van der Waals surface area contributed by atoms with Gasteiger partial charge in [-0.1, -0.05) is 119 Å². The van der Waals surface area contributed by atoms with Crippen molar-refractivity contribution < 1.29 is 29.7 Å². The summed E-state index contributed by atoms with van der Waals surface area (Å²) in [7, 11) is 0. The molecule has 0 spiro atoms. The zero-order valence-electron chi connectivity index (χ0n) is 36.8. The Morgan fingerprint density at radius 2 is 0.655 bits per heavy atom. The standard InChI is InChI=1S/C12H25.3C11H22O2S.Sn/c1-3-5-7-9-11-12-10-8-6-4-2;3*1-3-5-6-9(4-2)7-10(8-14)11(12)13;/h1,3-12H2,2H3;3*9-10,14H,3-8H2,1-2H3,(H,12,13);/q;;;;+3/p-3. The molecule has 10 heteroatoms. The van der Waals surface area contributed by atoms with E-state index in [1.165, 1.54) is 107 Å². The fourth-order valence-electron chi connectivity index (χ4n) is 6.50. The SMILES string of the molecule is CCCCC(CC)CC(CS)C(=O)[O-].CCCCC(CC)CC(CS)C(=O)[O-].CCCCC(CC)CC(CS)C(=O)[O-].CCCCCCCCCCC[CH2][Sn+3]. The van der Waals surface area contributed by atoms with Crippen molar-refractivity contribution in [3.63, 3.8) is 0 Å². The molecule has 0 rings (SSSR count). The molecule has 6 atom stereocenters. The Morgan fingerprint density at radius 3 is 0.836 bits per heavy atom. The first kappa shape index (κ1) is 61.9. The molecule has 0 aliphatic heterocycles. The average molecular weight is 940 g/mol. The van der Waals surface area contributed by atoms with Crippen LogP contribution in [-0.4, -0.2) is 57.7 Å². The van der Waals surface area contributed by atoms with Crippen LogP contribution in [0.15, 0.2) is 0 Å². The summed E-state index contributed by atoms with van der Waals surface area (Å²) >= 11 is 13.8.